The summed E-state index contributed by atoms with van der Waals surface area (Å²) in [7, 11) is 0. The van der Waals surface area contributed by atoms with Gasteiger partial charge in [0, 0.05) is 44.5 Å². The molecule has 1 saturated heterocycles. The summed E-state index contributed by atoms with van der Waals surface area (Å²) in [5.41, 5.74) is 3.09. The van der Waals surface area contributed by atoms with Crippen molar-refractivity contribution in [1.29, 1.82) is 0 Å². The Balaban J connectivity index is 1.89. The number of pyridine rings is 1. The van der Waals surface area contributed by atoms with Crippen LogP contribution in [0.15, 0.2) is 12.3 Å². The second kappa shape index (κ2) is 6.36. The molecule has 1 aromatic heterocycles. The van der Waals surface area contributed by atoms with Gasteiger partial charge < -0.3 is 15.5 Å². The minimum atomic E-state index is -0.138. The number of aryl methyl sites for hydroxylation is 2. The fourth-order valence-corrected chi connectivity index (χ4v) is 2.16. The van der Waals surface area contributed by atoms with E-state index in [4.69, 9.17) is 0 Å². The van der Waals surface area contributed by atoms with Gasteiger partial charge in [0.2, 0.25) is 5.91 Å². The van der Waals surface area contributed by atoms with Crippen molar-refractivity contribution in [3.63, 3.8) is 0 Å². The maximum Gasteiger partial charge on any atom is 0.317 e. The number of carbonyl (C=O) groups is 2. The van der Waals surface area contributed by atoms with E-state index in [1.165, 1.54) is 0 Å². The summed E-state index contributed by atoms with van der Waals surface area (Å²) >= 11 is 0. The molecule has 0 aliphatic carbocycles. The molecule has 0 aromatic carbocycles. The van der Waals surface area contributed by atoms with Crippen LogP contribution in [-0.2, 0) is 11.3 Å². The zero-order valence-corrected chi connectivity index (χ0v) is 11.9. The lowest BCUT2D eigenvalue weighted by Crippen LogP contribution is -2.41. The van der Waals surface area contributed by atoms with Crippen molar-refractivity contribution in [2.24, 2.45) is 0 Å². The third kappa shape index (κ3) is 3.69. The molecule has 2 N–H and O–H groups in total. The second-order valence-electron chi connectivity index (χ2n) is 5.00. The average molecular weight is 276 g/mol. The number of hydrogen-bond acceptors (Lipinski definition) is 3. The Labute approximate surface area is 118 Å². The topological polar surface area (TPSA) is 74.3 Å². The van der Waals surface area contributed by atoms with Gasteiger partial charge in [0.05, 0.1) is 0 Å². The first-order valence-electron chi connectivity index (χ1n) is 6.78. The lowest BCUT2D eigenvalue weighted by atomic mass is 10.1. The third-order valence-electron chi connectivity index (χ3n) is 3.39. The maximum absolute atomic E-state index is 12.1. The number of hydrogen-bond donors (Lipinski definition) is 2. The summed E-state index contributed by atoms with van der Waals surface area (Å²) in [5, 5.41) is 5.63. The van der Waals surface area contributed by atoms with Crippen LogP contribution in [0.4, 0.5) is 4.79 Å². The first-order valence-corrected chi connectivity index (χ1v) is 6.78. The van der Waals surface area contributed by atoms with Gasteiger partial charge in [-0.1, -0.05) is 0 Å². The molecule has 1 aromatic rings. The lowest BCUT2D eigenvalue weighted by molar-refractivity contribution is -0.120. The van der Waals surface area contributed by atoms with E-state index in [-0.39, 0.29) is 11.9 Å². The lowest BCUT2D eigenvalue weighted by Gasteiger charge is -2.20. The van der Waals surface area contributed by atoms with E-state index in [1.54, 1.807) is 11.1 Å². The molecule has 0 saturated carbocycles. The van der Waals surface area contributed by atoms with Crippen LogP contribution in [0.1, 0.15) is 23.2 Å². The SMILES string of the molecule is Cc1cc(C)c(CNC(=O)N2CCNC(=O)CC2)cn1. The number of nitrogens with one attached hydrogen (secondary N) is 2. The predicted molar refractivity (Wildman–Crippen MR) is 75.1 cm³/mol. The number of urea groups is 1. The highest BCUT2D eigenvalue weighted by Gasteiger charge is 2.18. The van der Waals surface area contributed by atoms with Crippen LogP contribution in [0.2, 0.25) is 0 Å². The molecule has 0 spiro atoms. The summed E-state index contributed by atoms with van der Waals surface area (Å²) in [4.78, 5) is 29.2. The normalized spacial score (nSPS) is 15.5. The van der Waals surface area contributed by atoms with Crippen LogP contribution in [0.5, 0.6) is 0 Å². The maximum atomic E-state index is 12.1. The molecule has 0 unspecified atom stereocenters. The smallest absolute Gasteiger partial charge is 0.317 e. The van der Waals surface area contributed by atoms with Crippen molar-refractivity contribution >= 4 is 11.9 Å². The second-order valence-corrected chi connectivity index (χ2v) is 5.00. The van der Waals surface area contributed by atoms with Gasteiger partial charge in [-0.15, -0.1) is 0 Å². The van der Waals surface area contributed by atoms with E-state index in [0.29, 0.717) is 32.6 Å². The van der Waals surface area contributed by atoms with E-state index in [2.05, 4.69) is 15.6 Å². The summed E-state index contributed by atoms with van der Waals surface area (Å²) < 4.78 is 0. The van der Waals surface area contributed by atoms with Gasteiger partial charge in [0.15, 0.2) is 0 Å². The first kappa shape index (κ1) is 14.3. The number of rotatable bonds is 2. The van der Waals surface area contributed by atoms with Crippen molar-refractivity contribution in [2.75, 3.05) is 19.6 Å². The predicted octanol–water partition coefficient (Wildman–Crippen LogP) is 0.730. The van der Waals surface area contributed by atoms with Gasteiger partial charge in [-0.3, -0.25) is 9.78 Å². The zero-order chi connectivity index (χ0) is 14.5. The van der Waals surface area contributed by atoms with E-state index in [0.717, 1.165) is 16.8 Å². The van der Waals surface area contributed by atoms with Crippen LogP contribution >= 0.6 is 0 Å². The van der Waals surface area contributed by atoms with E-state index in [1.807, 2.05) is 19.9 Å². The fourth-order valence-electron chi connectivity index (χ4n) is 2.16. The van der Waals surface area contributed by atoms with Crippen LogP contribution in [0.3, 0.4) is 0 Å². The summed E-state index contributed by atoms with van der Waals surface area (Å²) in [6, 6.07) is 1.86. The van der Waals surface area contributed by atoms with E-state index >= 15 is 0 Å². The zero-order valence-electron chi connectivity index (χ0n) is 11.9. The van der Waals surface area contributed by atoms with E-state index < -0.39 is 0 Å². The van der Waals surface area contributed by atoms with Crippen LogP contribution in [0.25, 0.3) is 0 Å². The van der Waals surface area contributed by atoms with Gasteiger partial charge in [-0.2, -0.15) is 0 Å². The van der Waals surface area contributed by atoms with Crippen molar-refractivity contribution in [3.8, 4) is 0 Å². The molecule has 6 nitrogen and oxygen atoms in total. The molecule has 0 radical (unpaired) electrons. The molecular formula is C14H20N4O2. The minimum Gasteiger partial charge on any atom is -0.354 e. The highest BCUT2D eigenvalue weighted by atomic mass is 16.2. The molecule has 1 aliphatic rings. The number of nitrogens with zero attached hydrogens (tertiary/aromatic N) is 2. The monoisotopic (exact) mass is 276 g/mol. The molecule has 108 valence electrons. The highest BCUT2D eigenvalue weighted by molar-refractivity contribution is 5.79. The first-order chi connectivity index (χ1) is 9.56. The molecule has 2 rings (SSSR count). The largest absolute Gasteiger partial charge is 0.354 e. The van der Waals surface area contributed by atoms with Crippen molar-refractivity contribution in [2.45, 2.75) is 26.8 Å². The average Bonchev–Trinajstić information content (AvgIpc) is 2.62. The van der Waals surface area contributed by atoms with Gasteiger partial charge in [-0.05, 0) is 31.0 Å². The fraction of sp³-hybridized carbons (Fsp3) is 0.500. The Kier molecular flexibility index (Phi) is 4.55. The minimum absolute atomic E-state index is 0.00104. The van der Waals surface area contributed by atoms with Gasteiger partial charge in [0.1, 0.15) is 0 Å². The van der Waals surface area contributed by atoms with Crippen molar-refractivity contribution < 1.29 is 9.59 Å². The Morgan fingerprint density at radius 3 is 3.00 bits per heavy atom. The highest BCUT2D eigenvalue weighted by Crippen LogP contribution is 2.07. The molecule has 1 fully saturated rings. The molecule has 6 heteroatoms. The number of amides is 3. The molecule has 2 heterocycles. The molecule has 0 bridgehead atoms. The van der Waals surface area contributed by atoms with Crippen molar-refractivity contribution in [1.82, 2.24) is 20.5 Å². The quantitative estimate of drug-likeness (QED) is 0.836. The molecule has 0 atom stereocenters. The summed E-state index contributed by atoms with van der Waals surface area (Å²) in [6.45, 7) is 5.92. The van der Waals surface area contributed by atoms with Gasteiger partial charge in [-0.25, -0.2) is 4.79 Å². The Morgan fingerprint density at radius 1 is 1.45 bits per heavy atom. The van der Waals surface area contributed by atoms with E-state index in [9.17, 15) is 9.59 Å². The van der Waals surface area contributed by atoms with Crippen LogP contribution in [-0.4, -0.2) is 41.5 Å². The molecule has 20 heavy (non-hydrogen) atoms. The van der Waals surface area contributed by atoms with Gasteiger partial charge in [0.25, 0.3) is 0 Å². The summed E-state index contributed by atoms with van der Waals surface area (Å²) in [5.74, 6) is -0.00104. The van der Waals surface area contributed by atoms with Crippen LogP contribution < -0.4 is 10.6 Å². The number of carbonyl (C=O) groups excluding carboxylic acids is 2. The Morgan fingerprint density at radius 2 is 2.25 bits per heavy atom. The molecule has 1 aliphatic heterocycles. The third-order valence-corrected chi connectivity index (χ3v) is 3.39. The van der Waals surface area contributed by atoms with Crippen molar-refractivity contribution in [3.05, 3.63) is 29.1 Å². The molecule has 3 amide bonds. The standard InChI is InChI=1S/C14H20N4O2/c1-10-7-11(2)16-8-12(10)9-17-14(20)18-5-3-13(19)15-4-6-18/h7-8H,3-6,9H2,1-2H3,(H,15,19)(H,17,20). The van der Waals surface area contributed by atoms with Crippen LogP contribution in [0, 0.1) is 13.8 Å². The van der Waals surface area contributed by atoms with Gasteiger partial charge >= 0.3 is 6.03 Å². The Bertz CT molecular complexity index is 516. The number of aromatic nitrogens is 1. The molecular weight excluding hydrogens is 256 g/mol. The Hall–Kier alpha value is -2.11. The summed E-state index contributed by atoms with van der Waals surface area (Å²) in [6.07, 6.45) is 2.15.